The van der Waals surface area contributed by atoms with Crippen LogP contribution in [-0.2, 0) is 11.5 Å². The number of aromatic nitrogens is 3. The summed E-state index contributed by atoms with van der Waals surface area (Å²) in [6, 6.07) is 10.1. The summed E-state index contributed by atoms with van der Waals surface area (Å²) in [5.74, 6) is 0.269. The van der Waals surface area contributed by atoms with Gasteiger partial charge in [0.1, 0.15) is 16.1 Å². The Labute approximate surface area is 239 Å². The maximum Gasteiger partial charge on any atom is 0.366 e. The molecule has 4 aromatic rings. The highest BCUT2D eigenvalue weighted by Crippen LogP contribution is 2.43. The van der Waals surface area contributed by atoms with Crippen LogP contribution in [0.15, 0.2) is 36.4 Å². The van der Waals surface area contributed by atoms with Crippen LogP contribution in [0.4, 0.5) is 11.5 Å². The van der Waals surface area contributed by atoms with E-state index in [1.54, 1.807) is 21.6 Å². The smallest absolute Gasteiger partial charge is 0.366 e. The molecule has 1 amide bonds. The molecule has 2 aliphatic rings. The number of ether oxygens (including phenoxy) is 1. The average Bonchev–Trinajstić information content (AvgIpc) is 3.55. The number of fused-ring (bicyclic) bond motifs is 5. The minimum absolute atomic E-state index is 0.0136. The molecule has 0 radical (unpaired) electrons. The molecule has 3 aromatic heterocycles. The Morgan fingerprint density at radius 3 is 2.59 bits per heavy atom. The summed E-state index contributed by atoms with van der Waals surface area (Å²) in [5.41, 5.74) is 2.75. The number of hydrogen-bond donors (Lipinski definition) is 1. The molecular formula is C29H29N5O6S. The topological polar surface area (TPSA) is 141 Å². The van der Waals surface area contributed by atoms with E-state index in [2.05, 4.69) is 16.9 Å². The number of hydrogen-bond acceptors (Lipinski definition) is 8. The van der Waals surface area contributed by atoms with Crippen molar-refractivity contribution in [2.75, 3.05) is 4.90 Å². The number of anilines is 1. The summed E-state index contributed by atoms with van der Waals surface area (Å²) in [7, 11) is 0. The van der Waals surface area contributed by atoms with Gasteiger partial charge in [0.05, 0.1) is 11.3 Å². The number of aromatic carboxylic acids is 1. The van der Waals surface area contributed by atoms with E-state index in [0.29, 0.717) is 39.1 Å². The SMILES string of the molecule is CC1CCC(C(=O)N(c2cc(-c3ccc4c(c3)OCn3c-4nc4nc([N+](=O)[O-])ccc43)sc2C(=O)O)C(C)C)CC1. The molecule has 212 valence electrons. The van der Waals surface area contributed by atoms with E-state index < -0.39 is 10.9 Å². The predicted molar refractivity (Wildman–Crippen MR) is 154 cm³/mol. The molecule has 0 saturated heterocycles. The zero-order chi connectivity index (χ0) is 29.0. The quantitative estimate of drug-likeness (QED) is 0.207. The van der Waals surface area contributed by atoms with Crippen LogP contribution in [0.3, 0.4) is 0 Å². The number of carboxylic acid groups (broad SMARTS) is 1. The van der Waals surface area contributed by atoms with Crippen molar-refractivity contribution in [3.63, 3.8) is 0 Å². The number of carbonyl (C=O) groups excluding carboxylic acids is 1. The van der Waals surface area contributed by atoms with Gasteiger partial charge in [-0.2, -0.15) is 4.98 Å². The lowest BCUT2D eigenvalue weighted by Gasteiger charge is -2.33. The molecule has 0 spiro atoms. The van der Waals surface area contributed by atoms with Gasteiger partial charge in [-0.05, 0) is 85.2 Å². The minimum Gasteiger partial charge on any atom is -0.477 e. The standard InChI is InChI=1S/C29H29N5O6S/c1-15(2)33(28(35)17-6-4-16(3)5-7-17)21-13-23(41-25(21)29(36)37)18-8-9-19-22(12-18)40-14-32-20-10-11-24(34(38)39)30-26(20)31-27(19)32/h8-13,15-17H,4-7,14H2,1-3H3,(H,36,37). The highest BCUT2D eigenvalue weighted by molar-refractivity contribution is 7.18. The zero-order valence-corrected chi connectivity index (χ0v) is 23.7. The molecule has 1 aromatic carbocycles. The van der Waals surface area contributed by atoms with Crippen molar-refractivity contribution in [3.05, 3.63) is 51.4 Å². The molecule has 1 saturated carbocycles. The first kappa shape index (κ1) is 26.9. The third-order valence-corrected chi connectivity index (χ3v) is 9.09. The second-order valence-electron chi connectivity index (χ2n) is 11.0. The summed E-state index contributed by atoms with van der Waals surface area (Å²) < 4.78 is 7.84. The van der Waals surface area contributed by atoms with E-state index in [4.69, 9.17) is 4.74 Å². The average molecular weight is 576 g/mol. The number of nitro groups is 1. The van der Waals surface area contributed by atoms with Gasteiger partial charge in [-0.1, -0.05) is 13.0 Å². The number of carbonyl (C=O) groups is 2. The lowest BCUT2D eigenvalue weighted by atomic mass is 9.82. The summed E-state index contributed by atoms with van der Waals surface area (Å²) in [6.07, 6.45) is 3.63. The number of amides is 1. The second-order valence-corrected chi connectivity index (χ2v) is 12.1. The van der Waals surface area contributed by atoms with Gasteiger partial charge in [0.25, 0.3) is 5.65 Å². The van der Waals surface area contributed by atoms with E-state index in [9.17, 15) is 24.8 Å². The van der Waals surface area contributed by atoms with Crippen molar-refractivity contribution in [3.8, 4) is 27.6 Å². The van der Waals surface area contributed by atoms with Gasteiger partial charge in [0, 0.05) is 22.9 Å². The van der Waals surface area contributed by atoms with Crippen molar-refractivity contribution >= 4 is 45.9 Å². The minimum atomic E-state index is -1.07. The molecule has 12 heteroatoms. The molecule has 11 nitrogen and oxygen atoms in total. The third kappa shape index (κ3) is 4.71. The van der Waals surface area contributed by atoms with Crippen LogP contribution < -0.4 is 9.64 Å². The molecule has 41 heavy (non-hydrogen) atoms. The summed E-state index contributed by atoms with van der Waals surface area (Å²) in [6.45, 7) is 6.17. The van der Waals surface area contributed by atoms with Crippen LogP contribution in [0, 0.1) is 22.0 Å². The van der Waals surface area contributed by atoms with Crippen molar-refractivity contribution in [2.45, 2.75) is 59.2 Å². The van der Waals surface area contributed by atoms with Gasteiger partial charge in [0.15, 0.2) is 12.6 Å². The van der Waals surface area contributed by atoms with Crippen molar-refractivity contribution in [1.82, 2.24) is 14.5 Å². The second kappa shape index (κ2) is 10.3. The van der Waals surface area contributed by atoms with E-state index >= 15 is 0 Å². The van der Waals surface area contributed by atoms with Crippen LogP contribution in [-0.4, -0.2) is 42.5 Å². The summed E-state index contributed by atoms with van der Waals surface area (Å²) in [4.78, 5) is 47.7. The molecule has 0 unspecified atom stereocenters. The first-order chi connectivity index (χ1) is 19.6. The maximum atomic E-state index is 13.7. The molecule has 6 rings (SSSR count). The Morgan fingerprint density at radius 1 is 1.15 bits per heavy atom. The van der Waals surface area contributed by atoms with Crippen molar-refractivity contribution in [1.29, 1.82) is 0 Å². The van der Waals surface area contributed by atoms with Gasteiger partial charge in [0.2, 0.25) is 5.91 Å². The van der Waals surface area contributed by atoms with Crippen LogP contribution in [0.1, 0.15) is 56.1 Å². The van der Waals surface area contributed by atoms with Gasteiger partial charge < -0.3 is 24.9 Å². The summed E-state index contributed by atoms with van der Waals surface area (Å²) in [5, 5.41) is 21.3. The summed E-state index contributed by atoms with van der Waals surface area (Å²) >= 11 is 1.13. The lowest BCUT2D eigenvalue weighted by molar-refractivity contribution is -0.389. The molecule has 1 N–H and O–H groups in total. The van der Waals surface area contributed by atoms with Gasteiger partial charge in [-0.25, -0.2) is 4.79 Å². The molecule has 4 heterocycles. The Morgan fingerprint density at radius 2 is 1.90 bits per heavy atom. The Balaban J connectivity index is 1.36. The van der Waals surface area contributed by atoms with Crippen LogP contribution in [0.5, 0.6) is 5.75 Å². The van der Waals surface area contributed by atoms with E-state index in [0.717, 1.165) is 42.6 Å². The first-order valence-electron chi connectivity index (χ1n) is 13.6. The highest BCUT2D eigenvalue weighted by atomic mass is 32.1. The number of carboxylic acids is 1. The monoisotopic (exact) mass is 575 g/mol. The van der Waals surface area contributed by atoms with E-state index in [1.165, 1.54) is 6.07 Å². The zero-order valence-electron chi connectivity index (χ0n) is 22.9. The molecule has 1 aliphatic carbocycles. The van der Waals surface area contributed by atoms with Crippen molar-refractivity contribution in [2.24, 2.45) is 11.8 Å². The fourth-order valence-electron chi connectivity index (χ4n) is 5.76. The fourth-order valence-corrected chi connectivity index (χ4v) is 6.75. The number of benzene rings is 1. The van der Waals surface area contributed by atoms with Gasteiger partial charge >= 0.3 is 11.8 Å². The highest BCUT2D eigenvalue weighted by Gasteiger charge is 2.34. The first-order valence-corrected chi connectivity index (χ1v) is 14.4. The fraction of sp³-hybridized carbons (Fsp3) is 0.379. The number of thiophene rings is 1. The Kier molecular flexibility index (Phi) is 6.72. The Hall–Kier alpha value is -4.32. The van der Waals surface area contributed by atoms with Gasteiger partial charge in [-0.3, -0.25) is 9.36 Å². The Bertz CT molecular complexity index is 1700. The predicted octanol–water partition coefficient (Wildman–Crippen LogP) is 6.35. The molecular weight excluding hydrogens is 546 g/mol. The molecule has 0 atom stereocenters. The largest absolute Gasteiger partial charge is 0.477 e. The number of rotatable bonds is 6. The van der Waals surface area contributed by atoms with E-state index in [-0.39, 0.29) is 40.9 Å². The van der Waals surface area contributed by atoms with Crippen LogP contribution in [0.2, 0.25) is 0 Å². The third-order valence-electron chi connectivity index (χ3n) is 7.93. The number of imidazole rings is 1. The van der Waals surface area contributed by atoms with Crippen molar-refractivity contribution < 1.29 is 24.4 Å². The van der Waals surface area contributed by atoms with Crippen LogP contribution in [0.25, 0.3) is 33.0 Å². The van der Waals surface area contributed by atoms with Gasteiger partial charge in [-0.15, -0.1) is 11.3 Å². The molecule has 0 bridgehead atoms. The maximum absolute atomic E-state index is 13.7. The number of nitrogens with zero attached hydrogens (tertiary/aromatic N) is 5. The normalized spacial score (nSPS) is 18.0. The van der Waals surface area contributed by atoms with E-state index in [1.807, 2.05) is 32.0 Å². The lowest BCUT2D eigenvalue weighted by Crippen LogP contribution is -2.42. The molecule has 1 fully saturated rings. The van der Waals surface area contributed by atoms with Crippen LogP contribution >= 0.6 is 11.3 Å². The molecule has 1 aliphatic heterocycles. The number of pyridine rings is 1.